The number of hydrogen-bond donors (Lipinski definition) is 0. The summed E-state index contributed by atoms with van der Waals surface area (Å²) in [5.74, 6) is 2.23. The second kappa shape index (κ2) is 18.1. The minimum atomic E-state index is 0.548. The normalized spacial score (nSPS) is 11.2. The van der Waals surface area contributed by atoms with Crippen molar-refractivity contribution in [2.24, 2.45) is 0 Å². The average Bonchev–Trinajstić information content (AvgIpc) is 2.85. The predicted octanol–water partition coefficient (Wildman–Crippen LogP) is 7.41. The van der Waals surface area contributed by atoms with Crippen LogP contribution in [0.15, 0.2) is 48.8 Å². The first kappa shape index (κ1) is 26.8. The first-order valence-electron chi connectivity index (χ1n) is 12.7. The molecule has 0 aliphatic rings. The van der Waals surface area contributed by atoms with Gasteiger partial charge in [0.25, 0.3) is 0 Å². The second-order valence-corrected chi connectivity index (χ2v) is 8.27. The number of allylic oxidation sites excluding steroid dienone is 1. The van der Waals surface area contributed by atoms with Gasteiger partial charge in [-0.2, -0.15) is 0 Å². The van der Waals surface area contributed by atoms with Crippen LogP contribution in [0, 0.1) is 0 Å². The van der Waals surface area contributed by atoms with Crippen molar-refractivity contribution in [2.45, 2.75) is 78.1 Å². The Hall–Kier alpha value is -2.40. The highest BCUT2D eigenvalue weighted by atomic mass is 16.5. The molecule has 0 aliphatic heterocycles. The molecule has 1 aromatic carbocycles. The summed E-state index contributed by atoms with van der Waals surface area (Å²) in [6.07, 6.45) is 19.6. The molecule has 0 N–H and O–H groups in total. The Morgan fingerprint density at radius 2 is 1.33 bits per heavy atom. The number of unbranched alkanes of at least 4 members (excludes halogenated alkanes) is 7. The first-order valence-corrected chi connectivity index (χ1v) is 12.7. The SMILES string of the molecule is CCCCCC=CCOc1cnc(-c2ccc(OCCCCOCCCCCC)cc2)nc1. The Morgan fingerprint density at radius 3 is 2.06 bits per heavy atom. The zero-order valence-electron chi connectivity index (χ0n) is 20.6. The van der Waals surface area contributed by atoms with Crippen molar-refractivity contribution in [3.63, 3.8) is 0 Å². The van der Waals surface area contributed by atoms with E-state index in [-0.39, 0.29) is 0 Å². The van der Waals surface area contributed by atoms with E-state index in [1.54, 1.807) is 12.4 Å². The Labute approximate surface area is 200 Å². The highest BCUT2D eigenvalue weighted by molar-refractivity contribution is 5.56. The summed E-state index contributed by atoms with van der Waals surface area (Å²) in [4.78, 5) is 8.86. The third kappa shape index (κ3) is 12.4. The van der Waals surface area contributed by atoms with Gasteiger partial charge >= 0.3 is 0 Å². The lowest BCUT2D eigenvalue weighted by molar-refractivity contribution is 0.122. The van der Waals surface area contributed by atoms with Crippen molar-refractivity contribution in [1.82, 2.24) is 9.97 Å². The van der Waals surface area contributed by atoms with Crippen LogP contribution in [0.3, 0.4) is 0 Å². The van der Waals surface area contributed by atoms with Gasteiger partial charge in [-0.05, 0) is 56.4 Å². The molecule has 2 rings (SSSR count). The zero-order chi connectivity index (χ0) is 23.4. The summed E-state index contributed by atoms with van der Waals surface area (Å²) in [5.41, 5.74) is 0.959. The molecule has 0 unspecified atom stereocenters. The van der Waals surface area contributed by atoms with E-state index in [9.17, 15) is 0 Å². The maximum absolute atomic E-state index is 5.84. The van der Waals surface area contributed by atoms with Crippen LogP contribution >= 0.6 is 0 Å². The van der Waals surface area contributed by atoms with Crippen LogP contribution in [-0.2, 0) is 4.74 Å². The summed E-state index contributed by atoms with van der Waals surface area (Å²) in [5, 5.41) is 0. The van der Waals surface area contributed by atoms with E-state index in [2.05, 4.69) is 36.0 Å². The molecule has 0 fully saturated rings. The predicted molar refractivity (Wildman–Crippen MR) is 136 cm³/mol. The molecule has 0 saturated heterocycles. The monoisotopic (exact) mass is 454 g/mol. The van der Waals surface area contributed by atoms with Gasteiger partial charge in [0.1, 0.15) is 12.4 Å². The highest BCUT2D eigenvalue weighted by Crippen LogP contribution is 2.20. The number of aromatic nitrogens is 2. The Kier molecular flexibility index (Phi) is 14.7. The molecule has 0 spiro atoms. The Bertz CT molecular complexity index is 745. The molecule has 0 bridgehead atoms. The van der Waals surface area contributed by atoms with Gasteiger partial charge in [-0.1, -0.05) is 58.1 Å². The standard InChI is InChI=1S/C28H42N2O3/c1-3-5-7-9-10-12-21-33-27-23-29-28(30-24-27)25-15-17-26(18-16-25)32-22-14-13-20-31-19-11-8-6-4-2/h10,12,15-18,23-24H,3-9,11,13-14,19-22H2,1-2H3. The van der Waals surface area contributed by atoms with Crippen LogP contribution < -0.4 is 9.47 Å². The van der Waals surface area contributed by atoms with Crippen LogP contribution in [0.5, 0.6) is 11.5 Å². The van der Waals surface area contributed by atoms with Crippen molar-refractivity contribution < 1.29 is 14.2 Å². The number of rotatable bonds is 19. The number of benzene rings is 1. The maximum Gasteiger partial charge on any atom is 0.159 e. The lowest BCUT2D eigenvalue weighted by Gasteiger charge is -2.08. The molecule has 5 heteroatoms. The van der Waals surface area contributed by atoms with Crippen LogP contribution in [0.4, 0.5) is 0 Å². The van der Waals surface area contributed by atoms with E-state index in [4.69, 9.17) is 14.2 Å². The van der Waals surface area contributed by atoms with Gasteiger partial charge < -0.3 is 14.2 Å². The molecule has 0 saturated carbocycles. The molecule has 182 valence electrons. The topological polar surface area (TPSA) is 53.5 Å². The highest BCUT2D eigenvalue weighted by Gasteiger charge is 2.03. The van der Waals surface area contributed by atoms with Gasteiger partial charge in [0.05, 0.1) is 19.0 Å². The van der Waals surface area contributed by atoms with Crippen molar-refractivity contribution in [2.75, 3.05) is 26.4 Å². The molecule has 0 atom stereocenters. The van der Waals surface area contributed by atoms with Gasteiger partial charge in [0.15, 0.2) is 11.6 Å². The zero-order valence-corrected chi connectivity index (χ0v) is 20.6. The van der Waals surface area contributed by atoms with Crippen LogP contribution in [0.1, 0.15) is 78.1 Å². The summed E-state index contributed by atoms with van der Waals surface area (Å²) in [6.45, 7) is 7.40. The molecule has 33 heavy (non-hydrogen) atoms. The summed E-state index contributed by atoms with van der Waals surface area (Å²) < 4.78 is 17.2. The van der Waals surface area contributed by atoms with Gasteiger partial charge in [-0.25, -0.2) is 9.97 Å². The molecule has 0 radical (unpaired) electrons. The third-order valence-electron chi connectivity index (χ3n) is 5.32. The van der Waals surface area contributed by atoms with Gasteiger partial charge in [0.2, 0.25) is 0 Å². The Morgan fingerprint density at radius 1 is 0.667 bits per heavy atom. The smallest absolute Gasteiger partial charge is 0.159 e. The number of ether oxygens (including phenoxy) is 3. The molecule has 0 amide bonds. The first-order chi connectivity index (χ1) is 16.3. The third-order valence-corrected chi connectivity index (χ3v) is 5.32. The second-order valence-electron chi connectivity index (χ2n) is 8.27. The minimum absolute atomic E-state index is 0.548. The molecular weight excluding hydrogens is 412 g/mol. The van der Waals surface area contributed by atoms with Crippen molar-refractivity contribution in [3.8, 4) is 22.9 Å². The van der Waals surface area contributed by atoms with E-state index in [0.717, 1.165) is 43.8 Å². The lowest BCUT2D eigenvalue weighted by atomic mass is 10.2. The van der Waals surface area contributed by atoms with E-state index < -0.39 is 0 Å². The summed E-state index contributed by atoms with van der Waals surface area (Å²) >= 11 is 0. The summed E-state index contributed by atoms with van der Waals surface area (Å²) in [6, 6.07) is 7.92. The minimum Gasteiger partial charge on any atom is -0.494 e. The van der Waals surface area contributed by atoms with Gasteiger partial charge in [-0.3, -0.25) is 0 Å². The number of nitrogens with zero attached hydrogens (tertiary/aromatic N) is 2. The molecule has 0 aliphatic carbocycles. The van der Waals surface area contributed by atoms with E-state index in [0.29, 0.717) is 24.8 Å². The number of hydrogen-bond acceptors (Lipinski definition) is 5. The largest absolute Gasteiger partial charge is 0.494 e. The van der Waals surface area contributed by atoms with Gasteiger partial charge in [0, 0.05) is 18.8 Å². The van der Waals surface area contributed by atoms with Crippen molar-refractivity contribution in [1.29, 1.82) is 0 Å². The molecule has 1 aromatic heterocycles. The average molecular weight is 455 g/mol. The lowest BCUT2D eigenvalue weighted by Crippen LogP contribution is -2.02. The van der Waals surface area contributed by atoms with Crippen LogP contribution in [0.2, 0.25) is 0 Å². The molecule has 2 aromatic rings. The fraction of sp³-hybridized carbons (Fsp3) is 0.571. The van der Waals surface area contributed by atoms with Crippen molar-refractivity contribution in [3.05, 3.63) is 48.8 Å². The van der Waals surface area contributed by atoms with E-state index >= 15 is 0 Å². The Balaban J connectivity index is 1.61. The van der Waals surface area contributed by atoms with Crippen LogP contribution in [0.25, 0.3) is 11.4 Å². The quantitative estimate of drug-likeness (QED) is 0.163. The van der Waals surface area contributed by atoms with Gasteiger partial charge in [-0.15, -0.1) is 0 Å². The maximum atomic E-state index is 5.84. The fourth-order valence-electron chi connectivity index (χ4n) is 3.31. The van der Waals surface area contributed by atoms with E-state index in [1.165, 1.54) is 44.9 Å². The fourth-order valence-corrected chi connectivity index (χ4v) is 3.31. The molecule has 5 nitrogen and oxygen atoms in total. The molecular formula is C28H42N2O3. The summed E-state index contributed by atoms with van der Waals surface area (Å²) in [7, 11) is 0. The van der Waals surface area contributed by atoms with E-state index in [1.807, 2.05) is 24.3 Å². The van der Waals surface area contributed by atoms with Crippen LogP contribution in [-0.4, -0.2) is 36.4 Å². The molecule has 1 heterocycles. The van der Waals surface area contributed by atoms with Crippen molar-refractivity contribution >= 4 is 0 Å².